The third-order valence-electron chi connectivity index (χ3n) is 4.90. The molecule has 0 spiro atoms. The quantitative estimate of drug-likeness (QED) is 0.629. The highest BCUT2D eigenvalue weighted by atomic mass is 35.5. The molecule has 0 aliphatic carbocycles. The number of rotatable bonds is 5. The Hall–Kier alpha value is -2.66. The normalized spacial score (nSPS) is 17.1. The van der Waals surface area contributed by atoms with Crippen molar-refractivity contribution >= 4 is 23.5 Å². The van der Waals surface area contributed by atoms with Crippen LogP contribution in [-0.2, 0) is 20.9 Å². The van der Waals surface area contributed by atoms with Crippen molar-refractivity contribution in [3.63, 3.8) is 0 Å². The Bertz CT molecular complexity index is 970. The van der Waals surface area contributed by atoms with E-state index in [1.165, 1.54) is 17.0 Å². The zero-order valence-corrected chi connectivity index (χ0v) is 17.4. The van der Waals surface area contributed by atoms with Gasteiger partial charge in [-0.05, 0) is 50.1 Å². The van der Waals surface area contributed by atoms with Crippen LogP contribution in [0.5, 0.6) is 0 Å². The molecule has 4 nitrogen and oxygen atoms in total. The molecule has 0 radical (unpaired) electrons. The van der Waals surface area contributed by atoms with Crippen LogP contribution in [0, 0.1) is 5.82 Å². The highest BCUT2D eigenvalue weighted by molar-refractivity contribution is 6.31. The maximum absolute atomic E-state index is 13.6. The number of hydrogen-bond donors (Lipinski definition) is 0. The molecule has 1 heterocycles. The van der Waals surface area contributed by atoms with E-state index in [-0.39, 0.29) is 30.8 Å². The Kier molecular flexibility index (Phi) is 6.38. The van der Waals surface area contributed by atoms with Crippen LogP contribution in [-0.4, -0.2) is 22.9 Å². The summed E-state index contributed by atoms with van der Waals surface area (Å²) in [5.41, 5.74) is 2.26. The van der Waals surface area contributed by atoms with Gasteiger partial charge in [-0.15, -0.1) is 0 Å². The van der Waals surface area contributed by atoms with Crippen LogP contribution in [0.2, 0.25) is 5.02 Å². The van der Waals surface area contributed by atoms with Crippen LogP contribution < -0.4 is 0 Å². The molecule has 1 aliphatic rings. The van der Waals surface area contributed by atoms with E-state index in [1.807, 2.05) is 12.1 Å². The van der Waals surface area contributed by atoms with Gasteiger partial charge in [0, 0.05) is 23.1 Å². The molecule has 1 atom stereocenters. The fourth-order valence-electron chi connectivity index (χ4n) is 3.59. The van der Waals surface area contributed by atoms with Crippen molar-refractivity contribution in [2.45, 2.75) is 45.8 Å². The maximum atomic E-state index is 13.6. The number of nitrogens with zero attached hydrogens (tertiary/aromatic N) is 1. The number of hydrogen-bond acceptors (Lipinski definition) is 3. The molecule has 0 N–H and O–H groups in total. The largest absolute Gasteiger partial charge is 0.460 e. The molecular weight excluding hydrogens is 393 g/mol. The van der Waals surface area contributed by atoms with E-state index in [4.69, 9.17) is 16.3 Å². The number of esters is 1. The first-order chi connectivity index (χ1) is 13.8. The van der Waals surface area contributed by atoms with E-state index in [0.29, 0.717) is 27.4 Å². The molecule has 2 aromatic carbocycles. The van der Waals surface area contributed by atoms with Gasteiger partial charge in [-0.1, -0.05) is 41.9 Å². The van der Waals surface area contributed by atoms with Gasteiger partial charge in [0.25, 0.3) is 0 Å². The first-order valence-electron chi connectivity index (χ1n) is 9.49. The lowest BCUT2D eigenvalue weighted by Gasteiger charge is -2.35. The molecule has 0 bridgehead atoms. The van der Waals surface area contributed by atoms with Crippen molar-refractivity contribution in [3.8, 4) is 0 Å². The molecule has 0 fully saturated rings. The van der Waals surface area contributed by atoms with E-state index < -0.39 is 11.9 Å². The van der Waals surface area contributed by atoms with Gasteiger partial charge in [-0.3, -0.25) is 4.79 Å². The minimum atomic E-state index is -0.494. The first kappa shape index (κ1) is 21.1. The van der Waals surface area contributed by atoms with Gasteiger partial charge < -0.3 is 9.64 Å². The van der Waals surface area contributed by atoms with Crippen molar-refractivity contribution in [1.82, 2.24) is 4.90 Å². The lowest BCUT2D eigenvalue weighted by atomic mass is 9.83. The smallest absolute Gasteiger partial charge is 0.336 e. The molecule has 0 aromatic heterocycles. The number of carbonyl (C=O) groups excluding carboxylic acids is 2. The molecule has 29 heavy (non-hydrogen) atoms. The minimum absolute atomic E-state index is 0.0823. The van der Waals surface area contributed by atoms with Crippen LogP contribution in [0.1, 0.15) is 44.2 Å². The summed E-state index contributed by atoms with van der Waals surface area (Å²) in [6.45, 7) is 5.45. The van der Waals surface area contributed by atoms with Crippen LogP contribution in [0.3, 0.4) is 0 Å². The van der Waals surface area contributed by atoms with Gasteiger partial charge in [0.2, 0.25) is 5.91 Å². The monoisotopic (exact) mass is 415 g/mol. The number of halogens is 2. The highest BCUT2D eigenvalue weighted by Gasteiger charge is 2.38. The summed E-state index contributed by atoms with van der Waals surface area (Å²) >= 11 is 6.37. The third-order valence-corrected chi connectivity index (χ3v) is 5.24. The molecule has 1 amide bonds. The average molecular weight is 416 g/mol. The van der Waals surface area contributed by atoms with Gasteiger partial charge in [0.05, 0.1) is 18.2 Å². The SMILES string of the molecule is CC1=C(C(=O)OC(C)C)C(c2ccccc2Cl)CC(=O)N1Cc1cccc(F)c1. The number of amides is 1. The van der Waals surface area contributed by atoms with E-state index in [9.17, 15) is 14.0 Å². The summed E-state index contributed by atoms with van der Waals surface area (Å²) in [6, 6.07) is 13.3. The Morgan fingerprint density at radius 3 is 2.62 bits per heavy atom. The first-order valence-corrected chi connectivity index (χ1v) is 9.86. The maximum Gasteiger partial charge on any atom is 0.336 e. The Labute approximate surface area is 174 Å². The van der Waals surface area contributed by atoms with Crippen LogP contribution in [0.25, 0.3) is 0 Å². The second-order valence-corrected chi connectivity index (χ2v) is 7.75. The summed E-state index contributed by atoms with van der Waals surface area (Å²) in [5, 5.41) is 0.492. The van der Waals surface area contributed by atoms with Crippen molar-refractivity contribution in [2.75, 3.05) is 0 Å². The van der Waals surface area contributed by atoms with Gasteiger partial charge in [-0.25, -0.2) is 9.18 Å². The lowest BCUT2D eigenvalue weighted by Crippen LogP contribution is -2.38. The van der Waals surface area contributed by atoms with Gasteiger partial charge >= 0.3 is 5.97 Å². The van der Waals surface area contributed by atoms with Gasteiger partial charge in [0.15, 0.2) is 0 Å². The van der Waals surface area contributed by atoms with Crippen LogP contribution >= 0.6 is 11.6 Å². The highest BCUT2D eigenvalue weighted by Crippen LogP contribution is 2.40. The average Bonchev–Trinajstić information content (AvgIpc) is 2.64. The zero-order chi connectivity index (χ0) is 21.1. The Balaban J connectivity index is 2.06. The van der Waals surface area contributed by atoms with Crippen molar-refractivity contribution < 1.29 is 18.7 Å². The molecule has 152 valence electrons. The molecule has 1 aliphatic heterocycles. The molecule has 1 unspecified atom stereocenters. The second-order valence-electron chi connectivity index (χ2n) is 7.34. The fraction of sp³-hybridized carbons (Fsp3) is 0.304. The second kappa shape index (κ2) is 8.78. The van der Waals surface area contributed by atoms with E-state index in [0.717, 1.165) is 0 Å². The fourth-order valence-corrected chi connectivity index (χ4v) is 3.85. The zero-order valence-electron chi connectivity index (χ0n) is 16.6. The van der Waals surface area contributed by atoms with E-state index in [1.54, 1.807) is 45.0 Å². The predicted octanol–water partition coefficient (Wildman–Crippen LogP) is 5.22. The minimum Gasteiger partial charge on any atom is -0.460 e. The number of ether oxygens (including phenoxy) is 1. The molecule has 2 aromatic rings. The standard InChI is InChI=1S/C23H23ClFNO3/c1-14(2)29-23(28)22-15(3)26(13-16-7-6-8-17(25)11-16)21(27)12-19(22)18-9-4-5-10-20(18)24/h4-11,14,19H,12-13H2,1-3H3. The van der Waals surface area contributed by atoms with Gasteiger partial charge in [-0.2, -0.15) is 0 Å². The van der Waals surface area contributed by atoms with Crippen molar-refractivity contribution in [2.24, 2.45) is 0 Å². The molecule has 6 heteroatoms. The molecule has 0 saturated carbocycles. The summed E-state index contributed by atoms with van der Waals surface area (Å²) in [4.78, 5) is 27.4. The Morgan fingerprint density at radius 2 is 1.97 bits per heavy atom. The van der Waals surface area contributed by atoms with E-state index >= 15 is 0 Å². The molecule has 0 saturated heterocycles. The summed E-state index contributed by atoms with van der Waals surface area (Å²) in [6.07, 6.45) is -0.220. The van der Waals surface area contributed by atoms with Gasteiger partial charge in [0.1, 0.15) is 5.82 Å². The predicted molar refractivity (Wildman–Crippen MR) is 110 cm³/mol. The summed E-state index contributed by atoms with van der Waals surface area (Å²) < 4.78 is 19.1. The molecular formula is C23H23ClFNO3. The molecule has 3 rings (SSSR count). The summed E-state index contributed by atoms with van der Waals surface area (Å²) in [7, 11) is 0. The number of carbonyl (C=O) groups is 2. The lowest BCUT2D eigenvalue weighted by molar-refractivity contribution is -0.143. The number of allylic oxidation sites excluding steroid dienone is 1. The third kappa shape index (κ3) is 4.67. The van der Waals surface area contributed by atoms with Crippen LogP contribution in [0.4, 0.5) is 4.39 Å². The topological polar surface area (TPSA) is 46.6 Å². The Morgan fingerprint density at radius 1 is 1.24 bits per heavy atom. The van der Waals surface area contributed by atoms with E-state index in [2.05, 4.69) is 0 Å². The van der Waals surface area contributed by atoms with Crippen molar-refractivity contribution in [1.29, 1.82) is 0 Å². The summed E-state index contributed by atoms with van der Waals surface area (Å²) in [5.74, 6) is -1.50. The van der Waals surface area contributed by atoms with Crippen molar-refractivity contribution in [3.05, 3.63) is 81.8 Å². The van der Waals surface area contributed by atoms with Crippen LogP contribution in [0.15, 0.2) is 59.8 Å². The number of benzene rings is 2.